The van der Waals surface area contributed by atoms with Crippen LogP contribution in [0.5, 0.6) is 0 Å². The van der Waals surface area contributed by atoms with Crippen molar-refractivity contribution in [3.63, 3.8) is 0 Å². The molecule has 0 heterocycles. The van der Waals surface area contributed by atoms with Gasteiger partial charge in [0.15, 0.2) is 11.8 Å². The lowest BCUT2D eigenvalue weighted by Gasteiger charge is -2.24. The Bertz CT molecular complexity index is 287. The number of nitrogens with zero attached hydrogens (tertiary/aromatic N) is 1. The zero-order chi connectivity index (χ0) is 13.1. The van der Waals surface area contributed by atoms with E-state index in [1.165, 1.54) is 0 Å². The number of hydrogen-bond donors (Lipinski definition) is 0. The second kappa shape index (κ2) is 4.59. The number of nitriles is 1. The van der Waals surface area contributed by atoms with Crippen molar-refractivity contribution in [2.24, 2.45) is 11.8 Å². The summed E-state index contributed by atoms with van der Waals surface area (Å²) in [5, 5.41) is 8.17. The van der Waals surface area contributed by atoms with Crippen molar-refractivity contribution in [2.75, 3.05) is 7.11 Å². The molecule has 0 amide bonds. The zero-order valence-electron chi connectivity index (χ0n) is 7.69. The monoisotopic (exact) mass is 249 g/mol. The Morgan fingerprint density at radius 1 is 1.19 bits per heavy atom. The molecule has 1 atom stereocenters. The minimum absolute atomic E-state index is 0.594. The van der Waals surface area contributed by atoms with Crippen LogP contribution in [0.15, 0.2) is 0 Å². The van der Waals surface area contributed by atoms with Crippen LogP contribution in [0, 0.1) is 23.2 Å². The van der Waals surface area contributed by atoms with E-state index in [1.54, 1.807) is 0 Å². The Morgan fingerprint density at radius 2 is 1.56 bits per heavy atom. The van der Waals surface area contributed by atoms with Crippen molar-refractivity contribution >= 4 is 5.97 Å². The van der Waals surface area contributed by atoms with Crippen LogP contribution in [0.1, 0.15) is 0 Å². The van der Waals surface area contributed by atoms with E-state index in [1.807, 2.05) is 0 Å². The van der Waals surface area contributed by atoms with E-state index in [0.717, 1.165) is 0 Å². The first-order chi connectivity index (χ1) is 7.05. The van der Waals surface area contributed by atoms with Crippen LogP contribution in [0.25, 0.3) is 0 Å². The summed E-state index contributed by atoms with van der Waals surface area (Å²) in [6.45, 7) is 0. The van der Waals surface area contributed by atoms with Gasteiger partial charge in [-0.25, -0.2) is 0 Å². The van der Waals surface area contributed by atoms with Crippen molar-refractivity contribution in [2.45, 2.75) is 12.4 Å². The highest BCUT2D eigenvalue weighted by Gasteiger charge is 2.62. The lowest BCUT2D eigenvalue weighted by molar-refractivity contribution is -0.293. The van der Waals surface area contributed by atoms with E-state index >= 15 is 0 Å². The van der Waals surface area contributed by atoms with Crippen molar-refractivity contribution in [3.8, 4) is 6.07 Å². The molecule has 1 unspecified atom stereocenters. The summed E-state index contributed by atoms with van der Waals surface area (Å²) in [6.07, 6.45) is -11.5. The van der Waals surface area contributed by atoms with Crippen molar-refractivity contribution in [3.05, 3.63) is 0 Å². The van der Waals surface area contributed by atoms with Crippen molar-refractivity contribution < 1.29 is 35.9 Å². The minimum Gasteiger partial charge on any atom is -0.468 e. The molecular formula is C7H5F6NO2. The smallest absolute Gasteiger partial charge is 0.402 e. The molecule has 0 aliphatic carbocycles. The van der Waals surface area contributed by atoms with Gasteiger partial charge in [-0.1, -0.05) is 0 Å². The second-order valence-electron chi connectivity index (χ2n) is 2.69. The van der Waals surface area contributed by atoms with E-state index in [4.69, 9.17) is 5.26 Å². The second-order valence-corrected chi connectivity index (χ2v) is 2.69. The van der Waals surface area contributed by atoms with Crippen LogP contribution in [0.4, 0.5) is 26.3 Å². The van der Waals surface area contributed by atoms with Crippen molar-refractivity contribution in [1.82, 2.24) is 0 Å². The topological polar surface area (TPSA) is 50.1 Å². The SMILES string of the molecule is COC(=O)C(C#N)C(C(F)(F)F)C(F)(F)F. The number of alkyl halides is 6. The molecule has 0 aromatic rings. The number of halogens is 6. The quantitative estimate of drug-likeness (QED) is 0.555. The van der Waals surface area contributed by atoms with E-state index in [-0.39, 0.29) is 0 Å². The van der Waals surface area contributed by atoms with Gasteiger partial charge in [0.2, 0.25) is 0 Å². The maximum Gasteiger partial charge on any atom is 0.402 e. The highest BCUT2D eigenvalue weighted by molar-refractivity contribution is 5.75. The molecule has 0 aliphatic heterocycles. The Hall–Kier alpha value is -1.46. The molecule has 16 heavy (non-hydrogen) atoms. The van der Waals surface area contributed by atoms with E-state index in [2.05, 4.69) is 4.74 Å². The number of ether oxygens (including phenoxy) is 1. The van der Waals surface area contributed by atoms with Gasteiger partial charge in [0, 0.05) is 0 Å². The van der Waals surface area contributed by atoms with Crippen LogP contribution in [0.3, 0.4) is 0 Å². The Balaban J connectivity index is 5.36. The summed E-state index contributed by atoms with van der Waals surface area (Å²) in [5.74, 6) is -8.87. The lowest BCUT2D eigenvalue weighted by Crippen LogP contribution is -2.44. The summed E-state index contributed by atoms with van der Waals surface area (Å²) < 4.78 is 76.1. The fourth-order valence-electron chi connectivity index (χ4n) is 0.954. The molecule has 0 bridgehead atoms. The highest BCUT2D eigenvalue weighted by atomic mass is 19.4. The van der Waals surface area contributed by atoms with Crippen molar-refractivity contribution in [1.29, 1.82) is 5.26 Å². The number of carbonyl (C=O) groups excluding carboxylic acids is 1. The molecule has 0 aromatic carbocycles. The largest absolute Gasteiger partial charge is 0.468 e. The van der Waals surface area contributed by atoms with Gasteiger partial charge in [0.25, 0.3) is 0 Å². The molecule has 92 valence electrons. The Morgan fingerprint density at radius 3 is 1.75 bits per heavy atom. The van der Waals surface area contributed by atoms with Crippen LogP contribution in [0.2, 0.25) is 0 Å². The molecule has 0 N–H and O–H groups in total. The number of hydrogen-bond acceptors (Lipinski definition) is 3. The van der Waals surface area contributed by atoms with Gasteiger partial charge < -0.3 is 4.74 Å². The van der Waals surface area contributed by atoms with Crippen LogP contribution in [-0.2, 0) is 9.53 Å². The molecule has 0 aliphatic rings. The third kappa shape index (κ3) is 3.29. The lowest BCUT2D eigenvalue weighted by atomic mass is 9.92. The number of carbonyl (C=O) groups is 1. The van der Waals surface area contributed by atoms with E-state index < -0.39 is 30.2 Å². The molecule has 0 saturated heterocycles. The van der Waals surface area contributed by atoms with Crippen LogP contribution in [-0.4, -0.2) is 25.4 Å². The third-order valence-corrected chi connectivity index (χ3v) is 1.63. The van der Waals surface area contributed by atoms with Crippen LogP contribution >= 0.6 is 0 Å². The zero-order valence-corrected chi connectivity index (χ0v) is 7.69. The predicted molar refractivity (Wildman–Crippen MR) is 36.7 cm³/mol. The van der Waals surface area contributed by atoms with Gasteiger partial charge in [-0.15, -0.1) is 0 Å². The van der Waals surface area contributed by atoms with Gasteiger partial charge >= 0.3 is 18.3 Å². The number of rotatable bonds is 2. The van der Waals surface area contributed by atoms with Gasteiger partial charge in [-0.05, 0) is 0 Å². The summed E-state index contributed by atoms with van der Waals surface area (Å²) >= 11 is 0. The van der Waals surface area contributed by atoms with Gasteiger partial charge in [0.05, 0.1) is 13.2 Å². The number of esters is 1. The maximum atomic E-state index is 12.1. The summed E-state index contributed by atoms with van der Waals surface area (Å²) in [4.78, 5) is 10.6. The average Bonchev–Trinajstić information content (AvgIpc) is 2.08. The third-order valence-electron chi connectivity index (χ3n) is 1.63. The van der Waals surface area contributed by atoms with Crippen LogP contribution < -0.4 is 0 Å². The summed E-state index contributed by atoms with van der Waals surface area (Å²) in [5.41, 5.74) is 0. The molecular weight excluding hydrogens is 244 g/mol. The summed E-state index contributed by atoms with van der Waals surface area (Å²) in [6, 6.07) is 0.651. The first-order valence-electron chi connectivity index (χ1n) is 3.66. The molecule has 3 nitrogen and oxygen atoms in total. The molecule has 0 aromatic heterocycles. The molecule has 0 spiro atoms. The van der Waals surface area contributed by atoms with Gasteiger partial charge in [-0.2, -0.15) is 31.6 Å². The standard InChI is InChI=1S/C7H5F6NO2/c1-16-5(15)3(2-14)4(6(8,9)10)7(11,12)13/h3-4H,1H3. The Kier molecular flexibility index (Phi) is 4.17. The number of methoxy groups -OCH3 is 1. The fourth-order valence-corrected chi connectivity index (χ4v) is 0.954. The first kappa shape index (κ1) is 14.5. The first-order valence-corrected chi connectivity index (χ1v) is 3.66. The average molecular weight is 249 g/mol. The van der Waals surface area contributed by atoms with Gasteiger partial charge in [0.1, 0.15) is 0 Å². The fraction of sp³-hybridized carbons (Fsp3) is 0.714. The molecule has 0 radical (unpaired) electrons. The van der Waals surface area contributed by atoms with E-state index in [9.17, 15) is 31.1 Å². The van der Waals surface area contributed by atoms with Gasteiger partial charge in [-0.3, -0.25) is 4.79 Å². The molecule has 9 heteroatoms. The van der Waals surface area contributed by atoms with E-state index in [0.29, 0.717) is 13.2 Å². The predicted octanol–water partition coefficient (Wildman–Crippen LogP) is 2.04. The summed E-state index contributed by atoms with van der Waals surface area (Å²) in [7, 11) is 0.594. The molecule has 0 rings (SSSR count). The highest BCUT2D eigenvalue weighted by Crippen LogP contribution is 2.43. The normalized spacial score (nSPS) is 14.4. The maximum absolute atomic E-state index is 12.1. The minimum atomic E-state index is -5.74. The molecule has 0 fully saturated rings. The Labute approximate surface area is 85.6 Å². The molecule has 0 saturated carbocycles.